The average Bonchev–Trinajstić information content (AvgIpc) is 2.04. The average molecular weight is 148 g/mol. The van der Waals surface area contributed by atoms with Crippen molar-refractivity contribution < 1.29 is 0 Å². The van der Waals surface area contributed by atoms with Crippen LogP contribution >= 0.6 is 0 Å². The summed E-state index contributed by atoms with van der Waals surface area (Å²) in [6.45, 7) is 3.96. The van der Waals surface area contributed by atoms with Crippen molar-refractivity contribution in [1.29, 1.82) is 5.53 Å². The predicted octanol–water partition coefficient (Wildman–Crippen LogP) is 3.09. The van der Waals surface area contributed by atoms with E-state index in [2.05, 4.69) is 5.11 Å². The van der Waals surface area contributed by atoms with Crippen LogP contribution in [0, 0.1) is 12.5 Å². The molecule has 0 heterocycles. The molecule has 58 valence electrons. The molecule has 11 heavy (non-hydrogen) atoms. The molecule has 0 aliphatic carbocycles. The van der Waals surface area contributed by atoms with E-state index in [1.165, 1.54) is 5.56 Å². The Balaban J connectivity index is 3.02. The Kier molecular flexibility index (Phi) is 2.36. The minimum absolute atomic E-state index is 0.00352. The van der Waals surface area contributed by atoms with Crippen molar-refractivity contribution in [2.45, 2.75) is 19.9 Å². The number of hydrogen-bond acceptors (Lipinski definition) is 2. The van der Waals surface area contributed by atoms with Crippen molar-refractivity contribution in [2.75, 3.05) is 0 Å². The third-order valence-corrected chi connectivity index (χ3v) is 1.83. The summed E-state index contributed by atoms with van der Waals surface area (Å²) in [5, 5.41) is 3.47. The van der Waals surface area contributed by atoms with Crippen LogP contribution in [0.1, 0.15) is 24.1 Å². The van der Waals surface area contributed by atoms with Gasteiger partial charge in [0.1, 0.15) is 0 Å². The zero-order valence-corrected chi connectivity index (χ0v) is 6.83. The first-order valence-corrected chi connectivity index (χ1v) is 3.68. The third kappa shape index (κ3) is 1.64. The van der Waals surface area contributed by atoms with Crippen molar-refractivity contribution in [3.05, 3.63) is 35.4 Å². The van der Waals surface area contributed by atoms with Gasteiger partial charge in [-0.15, -0.1) is 0 Å². The van der Waals surface area contributed by atoms with Crippen LogP contribution in [0.15, 0.2) is 29.4 Å². The number of hydrogen-bond donors (Lipinski definition) is 1. The topological polar surface area (TPSA) is 36.2 Å². The molecule has 0 fully saturated rings. The van der Waals surface area contributed by atoms with E-state index < -0.39 is 0 Å². The van der Waals surface area contributed by atoms with Crippen LogP contribution < -0.4 is 0 Å². The fourth-order valence-corrected chi connectivity index (χ4v) is 1.13. The molecule has 2 nitrogen and oxygen atoms in total. The lowest BCUT2D eigenvalue weighted by Crippen LogP contribution is -1.91. The minimum atomic E-state index is -0.00352. The molecule has 0 spiro atoms. The highest BCUT2D eigenvalue weighted by atomic mass is 15.0. The standard InChI is InChI=1S/C9H12N2/c1-7-5-3-4-6-9(7)8(2)11-10/h3-6,8,10H,1-2H3. The summed E-state index contributed by atoms with van der Waals surface area (Å²) in [6, 6.07) is 8.02. The molecule has 0 aliphatic rings. The maximum atomic E-state index is 6.87. The van der Waals surface area contributed by atoms with E-state index in [1.54, 1.807) is 0 Å². The Morgan fingerprint density at radius 1 is 1.36 bits per heavy atom. The highest BCUT2D eigenvalue weighted by Crippen LogP contribution is 2.19. The summed E-state index contributed by atoms with van der Waals surface area (Å²) in [5.74, 6) is 0. The van der Waals surface area contributed by atoms with Crippen LogP contribution in [0.5, 0.6) is 0 Å². The lowest BCUT2D eigenvalue weighted by atomic mass is 10.0. The van der Waals surface area contributed by atoms with Crippen molar-refractivity contribution in [3.8, 4) is 0 Å². The molecule has 0 aliphatic heterocycles. The van der Waals surface area contributed by atoms with Gasteiger partial charge >= 0.3 is 0 Å². The monoisotopic (exact) mass is 148 g/mol. The van der Waals surface area contributed by atoms with Gasteiger partial charge in [0.05, 0.1) is 6.04 Å². The Hall–Kier alpha value is -1.18. The summed E-state index contributed by atoms with van der Waals surface area (Å²) in [6.07, 6.45) is 0. The van der Waals surface area contributed by atoms with Gasteiger partial charge in [0.25, 0.3) is 0 Å². The normalized spacial score (nSPS) is 12.5. The van der Waals surface area contributed by atoms with E-state index in [9.17, 15) is 0 Å². The van der Waals surface area contributed by atoms with Crippen LogP contribution in [0.25, 0.3) is 0 Å². The van der Waals surface area contributed by atoms with Gasteiger partial charge in [-0.1, -0.05) is 24.3 Å². The second-order valence-corrected chi connectivity index (χ2v) is 2.66. The Labute approximate surface area is 66.8 Å². The SMILES string of the molecule is Cc1ccccc1C(C)N=N. The molecule has 0 aromatic heterocycles. The zero-order valence-electron chi connectivity index (χ0n) is 6.83. The molecular weight excluding hydrogens is 136 g/mol. The minimum Gasteiger partial charge on any atom is -0.209 e. The van der Waals surface area contributed by atoms with Crippen LogP contribution in [0.4, 0.5) is 0 Å². The van der Waals surface area contributed by atoms with Crippen molar-refractivity contribution in [3.63, 3.8) is 0 Å². The molecule has 0 amide bonds. The van der Waals surface area contributed by atoms with E-state index >= 15 is 0 Å². The van der Waals surface area contributed by atoms with Crippen molar-refractivity contribution in [1.82, 2.24) is 0 Å². The number of benzene rings is 1. The molecule has 0 saturated carbocycles. The smallest absolute Gasteiger partial charge is 0.0929 e. The van der Waals surface area contributed by atoms with Crippen molar-refractivity contribution in [2.24, 2.45) is 5.11 Å². The molecule has 0 bridgehead atoms. The summed E-state index contributed by atoms with van der Waals surface area (Å²) >= 11 is 0. The first-order valence-electron chi connectivity index (χ1n) is 3.68. The second kappa shape index (κ2) is 3.28. The number of aryl methyl sites for hydroxylation is 1. The number of rotatable bonds is 2. The molecule has 2 heteroatoms. The third-order valence-electron chi connectivity index (χ3n) is 1.83. The van der Waals surface area contributed by atoms with E-state index in [1.807, 2.05) is 38.1 Å². The van der Waals surface area contributed by atoms with Crippen LogP contribution in [-0.4, -0.2) is 0 Å². The van der Waals surface area contributed by atoms with E-state index in [4.69, 9.17) is 5.53 Å². The largest absolute Gasteiger partial charge is 0.209 e. The van der Waals surface area contributed by atoms with Gasteiger partial charge in [-0.05, 0) is 25.0 Å². The van der Waals surface area contributed by atoms with Gasteiger partial charge in [-0.3, -0.25) is 0 Å². The van der Waals surface area contributed by atoms with Crippen LogP contribution in [-0.2, 0) is 0 Å². The quantitative estimate of drug-likeness (QED) is 0.626. The van der Waals surface area contributed by atoms with Crippen LogP contribution in [0.2, 0.25) is 0 Å². The second-order valence-electron chi connectivity index (χ2n) is 2.66. The summed E-state index contributed by atoms with van der Waals surface area (Å²) in [5.41, 5.74) is 9.21. The lowest BCUT2D eigenvalue weighted by molar-refractivity contribution is 0.729. The van der Waals surface area contributed by atoms with Crippen LogP contribution in [0.3, 0.4) is 0 Å². The fraction of sp³-hybridized carbons (Fsp3) is 0.333. The molecule has 0 radical (unpaired) electrons. The maximum Gasteiger partial charge on any atom is 0.0929 e. The molecule has 1 aromatic carbocycles. The lowest BCUT2D eigenvalue weighted by Gasteiger charge is -2.06. The van der Waals surface area contributed by atoms with Gasteiger partial charge in [0, 0.05) is 0 Å². The van der Waals surface area contributed by atoms with Gasteiger partial charge in [0.15, 0.2) is 0 Å². The van der Waals surface area contributed by atoms with Gasteiger partial charge in [-0.25, -0.2) is 5.53 Å². The molecule has 1 rings (SSSR count). The molecule has 0 saturated heterocycles. The Morgan fingerprint density at radius 3 is 2.55 bits per heavy atom. The highest BCUT2D eigenvalue weighted by Gasteiger charge is 2.03. The Bertz CT molecular complexity index is 255. The highest BCUT2D eigenvalue weighted by molar-refractivity contribution is 5.27. The summed E-state index contributed by atoms with van der Waals surface area (Å²) < 4.78 is 0. The first kappa shape index (κ1) is 7.92. The Morgan fingerprint density at radius 2 is 2.00 bits per heavy atom. The number of nitrogens with one attached hydrogen (secondary N) is 1. The van der Waals surface area contributed by atoms with E-state index in [0.717, 1.165) is 5.56 Å². The van der Waals surface area contributed by atoms with E-state index in [-0.39, 0.29) is 6.04 Å². The fourth-order valence-electron chi connectivity index (χ4n) is 1.13. The molecule has 1 N–H and O–H groups in total. The zero-order chi connectivity index (χ0) is 8.27. The predicted molar refractivity (Wildman–Crippen MR) is 44.7 cm³/mol. The number of nitrogens with zero attached hydrogens (tertiary/aromatic N) is 1. The first-order chi connectivity index (χ1) is 5.25. The summed E-state index contributed by atoms with van der Waals surface area (Å²) in [4.78, 5) is 0. The molecular formula is C9H12N2. The van der Waals surface area contributed by atoms with E-state index in [0.29, 0.717) is 0 Å². The van der Waals surface area contributed by atoms with Gasteiger partial charge < -0.3 is 0 Å². The molecule has 1 atom stereocenters. The maximum absolute atomic E-state index is 6.87. The molecule has 1 aromatic rings. The van der Waals surface area contributed by atoms with Crippen molar-refractivity contribution >= 4 is 0 Å². The van der Waals surface area contributed by atoms with Gasteiger partial charge in [0.2, 0.25) is 0 Å². The molecule has 1 unspecified atom stereocenters. The van der Waals surface area contributed by atoms with Gasteiger partial charge in [-0.2, -0.15) is 5.11 Å². The summed E-state index contributed by atoms with van der Waals surface area (Å²) in [7, 11) is 0.